The second kappa shape index (κ2) is 14.4. The van der Waals surface area contributed by atoms with Gasteiger partial charge in [-0.1, -0.05) is 80.1 Å². The van der Waals surface area contributed by atoms with Crippen LogP contribution in [-0.4, -0.2) is 12.0 Å². The van der Waals surface area contributed by atoms with Crippen LogP contribution in [0.3, 0.4) is 0 Å². The van der Waals surface area contributed by atoms with Crippen LogP contribution in [0, 0.1) is 13.8 Å². The Balaban J connectivity index is 0.000000144. The summed E-state index contributed by atoms with van der Waals surface area (Å²) in [5.41, 5.74) is 9.27. The second-order valence-corrected chi connectivity index (χ2v) is 34.1. The summed E-state index contributed by atoms with van der Waals surface area (Å²) in [7, 11) is 11.2. The Morgan fingerprint density at radius 3 is 1.95 bits per heavy atom. The van der Waals surface area contributed by atoms with E-state index >= 15 is 0 Å². The van der Waals surface area contributed by atoms with Gasteiger partial charge in [0.1, 0.15) is 0 Å². The van der Waals surface area contributed by atoms with E-state index in [1.807, 2.05) is 0 Å². The van der Waals surface area contributed by atoms with Crippen molar-refractivity contribution in [1.29, 1.82) is 0 Å². The molecule has 0 amide bonds. The van der Waals surface area contributed by atoms with Crippen LogP contribution in [-0.2, 0) is 24.4 Å². The van der Waals surface area contributed by atoms with Gasteiger partial charge in [-0.2, -0.15) is 12.1 Å². The first-order valence-electron chi connectivity index (χ1n) is 14.5. The SMILES string of the molecule is C[Si](C)=[Zr]([Cl])[Cl].Cc1cc2c(-c3ccccc3)cccc2[cH-]1.Cc1cc2c(N3CCCc4ccccc43)cccc2[cH-]1. The summed E-state index contributed by atoms with van der Waals surface area (Å²) in [6, 6.07) is 41.6. The van der Waals surface area contributed by atoms with Crippen molar-refractivity contribution in [2.75, 3.05) is 11.4 Å². The molecule has 0 atom stereocenters. The van der Waals surface area contributed by atoms with Gasteiger partial charge in [-0.3, -0.25) is 0 Å². The minimum atomic E-state index is -1.65. The molecule has 1 aliphatic heterocycles. The van der Waals surface area contributed by atoms with Crippen LogP contribution in [0.4, 0.5) is 11.4 Å². The van der Waals surface area contributed by atoms with Crippen molar-refractivity contribution in [3.8, 4) is 11.1 Å². The monoisotopic (exact) mass is 683 g/mol. The minimum Gasteiger partial charge on any atom is -0.350 e. The third-order valence-corrected chi connectivity index (χ3v) is 27.4. The van der Waals surface area contributed by atoms with Crippen LogP contribution in [0.25, 0.3) is 32.7 Å². The van der Waals surface area contributed by atoms with Crippen LogP contribution >= 0.6 is 17.0 Å². The van der Waals surface area contributed by atoms with Gasteiger partial charge in [0.05, 0.1) is 0 Å². The molecule has 0 saturated heterocycles. The molecule has 0 unspecified atom stereocenters. The summed E-state index contributed by atoms with van der Waals surface area (Å²) in [5.74, 6) is 0. The smallest absolute Gasteiger partial charge is 0.0436 e. The molecule has 214 valence electrons. The first kappa shape index (κ1) is 31.0. The predicted octanol–water partition coefficient (Wildman–Crippen LogP) is 11.6. The van der Waals surface area contributed by atoms with Gasteiger partial charge in [0, 0.05) is 12.2 Å². The van der Waals surface area contributed by atoms with E-state index in [9.17, 15) is 0 Å². The van der Waals surface area contributed by atoms with Crippen LogP contribution in [0.2, 0.25) is 13.1 Å². The topological polar surface area (TPSA) is 3.24 Å². The molecule has 1 heterocycles. The van der Waals surface area contributed by atoms with Gasteiger partial charge in [-0.05, 0) is 35.7 Å². The average molecular weight is 686 g/mol. The number of anilines is 2. The van der Waals surface area contributed by atoms with Crippen molar-refractivity contribution in [1.82, 2.24) is 0 Å². The van der Waals surface area contributed by atoms with Crippen LogP contribution in [0.15, 0.2) is 115 Å². The molecule has 0 aromatic heterocycles. The average Bonchev–Trinajstić information content (AvgIpc) is 3.58. The van der Waals surface area contributed by atoms with Crippen molar-refractivity contribution in [2.45, 2.75) is 39.8 Å². The number of benzene rings is 4. The van der Waals surface area contributed by atoms with Gasteiger partial charge in [-0.15, -0.1) is 69.1 Å². The molecule has 1 aliphatic rings. The maximum absolute atomic E-state index is 5.62. The van der Waals surface area contributed by atoms with E-state index in [2.05, 4.69) is 147 Å². The Kier molecular flexibility index (Phi) is 10.6. The fraction of sp³-hybridized carbons (Fsp3) is 0.189. The number of nitrogens with zero attached hydrogens (tertiary/aromatic N) is 1. The molecular formula is C37H37Cl2NSiZr-2. The number of aryl methyl sites for hydroxylation is 3. The summed E-state index contributed by atoms with van der Waals surface area (Å²) >= 11 is -1.65. The van der Waals surface area contributed by atoms with Gasteiger partial charge >= 0.3 is 53.5 Å². The van der Waals surface area contributed by atoms with E-state index in [4.69, 9.17) is 17.0 Å². The van der Waals surface area contributed by atoms with Crippen molar-refractivity contribution in [2.24, 2.45) is 0 Å². The zero-order chi connectivity index (χ0) is 29.6. The zero-order valence-electron chi connectivity index (χ0n) is 24.8. The molecule has 42 heavy (non-hydrogen) atoms. The molecule has 6 aromatic rings. The number of rotatable bonds is 2. The van der Waals surface area contributed by atoms with E-state index in [1.165, 1.54) is 73.6 Å². The van der Waals surface area contributed by atoms with Crippen molar-refractivity contribution >= 4 is 55.4 Å². The first-order valence-corrected chi connectivity index (χ1v) is 27.0. The summed E-state index contributed by atoms with van der Waals surface area (Å²) < 4.78 is 0. The number of para-hydroxylation sites is 1. The second-order valence-electron chi connectivity index (χ2n) is 11.2. The Morgan fingerprint density at radius 1 is 0.690 bits per heavy atom. The molecule has 0 fully saturated rings. The van der Waals surface area contributed by atoms with E-state index < -0.39 is 18.0 Å². The maximum Gasteiger partial charge on any atom is 0.0436 e. The molecule has 0 spiro atoms. The first-order chi connectivity index (χ1) is 20.3. The zero-order valence-corrected chi connectivity index (χ0v) is 29.8. The predicted molar refractivity (Wildman–Crippen MR) is 185 cm³/mol. The van der Waals surface area contributed by atoms with E-state index in [0.29, 0.717) is 0 Å². The van der Waals surface area contributed by atoms with Gasteiger partial charge in [0.2, 0.25) is 0 Å². The molecule has 7 rings (SSSR count). The molecule has 1 nitrogen and oxygen atoms in total. The summed E-state index contributed by atoms with van der Waals surface area (Å²) in [4.78, 5) is 2.49. The molecule has 5 heteroatoms. The van der Waals surface area contributed by atoms with Crippen LogP contribution < -0.4 is 4.90 Å². The van der Waals surface area contributed by atoms with Gasteiger partial charge in [-0.25, -0.2) is 0 Å². The molecule has 0 saturated carbocycles. The van der Waals surface area contributed by atoms with Crippen molar-refractivity contribution in [3.63, 3.8) is 0 Å². The Labute approximate surface area is 265 Å². The van der Waals surface area contributed by atoms with Crippen molar-refractivity contribution < 1.29 is 18.0 Å². The number of halogens is 2. The fourth-order valence-electron chi connectivity index (χ4n) is 5.64. The third kappa shape index (κ3) is 7.37. The molecule has 0 aliphatic carbocycles. The molecule has 0 N–H and O–H groups in total. The summed E-state index contributed by atoms with van der Waals surface area (Å²) in [6.45, 7) is 9.77. The van der Waals surface area contributed by atoms with E-state index in [-0.39, 0.29) is 5.43 Å². The van der Waals surface area contributed by atoms with E-state index in [1.54, 1.807) is 0 Å². The Hall–Kier alpha value is -2.42. The number of fused-ring (bicyclic) bond motifs is 3. The number of hydrogen-bond donors (Lipinski definition) is 0. The Morgan fingerprint density at radius 2 is 1.26 bits per heavy atom. The normalized spacial score (nSPS) is 12.2. The quantitative estimate of drug-likeness (QED) is 0.130. The molecular weight excluding hydrogens is 649 g/mol. The maximum atomic E-state index is 5.62. The van der Waals surface area contributed by atoms with Gasteiger partial charge < -0.3 is 4.90 Å². The molecule has 0 radical (unpaired) electrons. The fourth-order valence-corrected chi connectivity index (χ4v) is 5.64. The van der Waals surface area contributed by atoms with Gasteiger partial charge in [0.25, 0.3) is 0 Å². The molecule has 0 bridgehead atoms. The molecule has 6 aromatic carbocycles. The van der Waals surface area contributed by atoms with Crippen LogP contribution in [0.5, 0.6) is 0 Å². The number of hydrogen-bond acceptors (Lipinski definition) is 1. The Bertz CT molecular complexity index is 1820. The van der Waals surface area contributed by atoms with Gasteiger partial charge in [0.15, 0.2) is 0 Å². The largest absolute Gasteiger partial charge is 0.350 e. The summed E-state index contributed by atoms with van der Waals surface area (Å²) in [5, 5.41) is 5.41. The van der Waals surface area contributed by atoms with E-state index in [0.717, 1.165) is 6.54 Å². The minimum absolute atomic E-state index is 0.224. The third-order valence-electron chi connectivity index (χ3n) is 7.63. The van der Waals surface area contributed by atoms with Crippen LogP contribution in [0.1, 0.15) is 23.1 Å². The standard InChI is InChI=1S/C19H18N.C16H13.C2H6Si.2ClH.Zr/c1-14-12-16-7-4-10-19(17(16)13-14)20-11-5-8-15-6-2-3-9-18(15)20;1-12-10-14-8-5-9-15(16(14)11-12)13-6-3-2-4-7-13;1-3-2;;;/h2-4,6-7,9-10,12-13H,5,8,11H2,1H3;2-11H,1H3;1-2H3;2*1H;/q2*-1;;;;+2/p-2. The van der Waals surface area contributed by atoms with Crippen molar-refractivity contribution in [3.05, 3.63) is 132 Å². The summed E-state index contributed by atoms with van der Waals surface area (Å²) in [6.07, 6.45) is 2.43.